The Kier molecular flexibility index (Phi) is 7.31. The average molecular weight is 444 g/mol. The Morgan fingerprint density at radius 2 is 1.94 bits per heavy atom. The van der Waals surface area contributed by atoms with Gasteiger partial charge in [0.1, 0.15) is 12.7 Å². The van der Waals surface area contributed by atoms with Gasteiger partial charge in [0.05, 0.1) is 18.0 Å². The standard InChI is InChI=1S/C20H18ClN5O5/c21-14-6-7-17(26-12-22-11-23-26)15(8-14)24-18(28)10-31-20(30)16(9-27)25-19(29)13-4-2-1-3-5-13/h1-8,11-12,16,27H,9-10H2,(H,24,28)(H,25,29). The molecule has 0 radical (unpaired) electrons. The van der Waals surface area contributed by atoms with E-state index in [1.54, 1.807) is 42.5 Å². The SMILES string of the molecule is O=C(COC(=O)C(CO)NC(=O)c1ccccc1)Nc1cc(Cl)ccc1-n1cncn1. The van der Waals surface area contributed by atoms with Crippen molar-refractivity contribution >= 4 is 35.1 Å². The van der Waals surface area contributed by atoms with Crippen molar-refractivity contribution in [3.8, 4) is 5.69 Å². The number of halogens is 1. The van der Waals surface area contributed by atoms with Gasteiger partial charge in [0.2, 0.25) is 0 Å². The molecule has 1 unspecified atom stereocenters. The summed E-state index contributed by atoms with van der Waals surface area (Å²) in [5.74, 6) is -2.16. The molecule has 0 aliphatic rings. The van der Waals surface area contributed by atoms with Crippen molar-refractivity contribution in [2.45, 2.75) is 6.04 Å². The predicted molar refractivity (Wildman–Crippen MR) is 111 cm³/mol. The molecule has 1 aromatic heterocycles. The van der Waals surface area contributed by atoms with Gasteiger partial charge in [0, 0.05) is 10.6 Å². The van der Waals surface area contributed by atoms with Gasteiger partial charge in [0.25, 0.3) is 11.8 Å². The zero-order valence-electron chi connectivity index (χ0n) is 16.1. The number of aliphatic hydroxyl groups is 1. The van der Waals surface area contributed by atoms with Crippen LogP contribution < -0.4 is 10.6 Å². The van der Waals surface area contributed by atoms with E-state index in [4.69, 9.17) is 16.3 Å². The van der Waals surface area contributed by atoms with Gasteiger partial charge in [0.15, 0.2) is 12.6 Å². The summed E-state index contributed by atoms with van der Waals surface area (Å²) in [6.07, 6.45) is 2.78. The summed E-state index contributed by atoms with van der Waals surface area (Å²) in [6.45, 7) is -1.33. The molecule has 0 saturated carbocycles. The van der Waals surface area contributed by atoms with Gasteiger partial charge < -0.3 is 20.5 Å². The van der Waals surface area contributed by atoms with Crippen LogP contribution in [0.1, 0.15) is 10.4 Å². The predicted octanol–water partition coefficient (Wildman–Crippen LogP) is 1.19. The Hall–Kier alpha value is -3.76. The number of hydrogen-bond acceptors (Lipinski definition) is 7. The van der Waals surface area contributed by atoms with Gasteiger partial charge in [-0.2, -0.15) is 5.10 Å². The first-order valence-corrected chi connectivity index (χ1v) is 9.43. The van der Waals surface area contributed by atoms with Crippen LogP contribution in [-0.4, -0.2) is 56.9 Å². The topological polar surface area (TPSA) is 135 Å². The number of nitrogens with one attached hydrogen (secondary N) is 2. The molecule has 10 nitrogen and oxygen atoms in total. The second-order valence-corrected chi connectivity index (χ2v) is 6.67. The molecule has 1 heterocycles. The van der Waals surface area contributed by atoms with Gasteiger partial charge in [-0.3, -0.25) is 9.59 Å². The highest BCUT2D eigenvalue weighted by Crippen LogP contribution is 2.23. The lowest BCUT2D eigenvalue weighted by molar-refractivity contribution is -0.150. The molecule has 2 amide bonds. The first-order valence-electron chi connectivity index (χ1n) is 9.05. The summed E-state index contributed by atoms with van der Waals surface area (Å²) in [7, 11) is 0. The van der Waals surface area contributed by atoms with Crippen molar-refractivity contribution in [2.75, 3.05) is 18.5 Å². The molecule has 3 N–H and O–H groups in total. The van der Waals surface area contributed by atoms with E-state index < -0.39 is 37.0 Å². The van der Waals surface area contributed by atoms with E-state index in [1.165, 1.54) is 23.4 Å². The molecular formula is C20H18ClN5O5. The molecule has 3 aromatic rings. The smallest absolute Gasteiger partial charge is 0.331 e. The minimum absolute atomic E-state index is 0.313. The lowest BCUT2D eigenvalue weighted by atomic mass is 10.2. The van der Waals surface area contributed by atoms with Crippen LogP contribution in [0.2, 0.25) is 5.02 Å². The van der Waals surface area contributed by atoms with Crippen molar-refractivity contribution in [1.29, 1.82) is 0 Å². The Labute approximate surface area is 181 Å². The number of anilines is 1. The monoisotopic (exact) mass is 443 g/mol. The molecule has 0 spiro atoms. The molecule has 0 aliphatic heterocycles. The van der Waals surface area contributed by atoms with Crippen LogP contribution >= 0.6 is 11.6 Å². The zero-order chi connectivity index (χ0) is 22.2. The third-order valence-corrected chi connectivity index (χ3v) is 4.29. The molecule has 160 valence electrons. The van der Waals surface area contributed by atoms with Crippen molar-refractivity contribution < 1.29 is 24.2 Å². The fraction of sp³-hybridized carbons (Fsp3) is 0.150. The molecule has 11 heteroatoms. The first-order chi connectivity index (χ1) is 15.0. The van der Waals surface area contributed by atoms with Crippen LogP contribution in [0.25, 0.3) is 5.69 Å². The van der Waals surface area contributed by atoms with Gasteiger partial charge in [-0.25, -0.2) is 14.5 Å². The highest BCUT2D eigenvalue weighted by Gasteiger charge is 2.23. The number of aromatic nitrogens is 3. The van der Waals surface area contributed by atoms with Crippen molar-refractivity contribution in [1.82, 2.24) is 20.1 Å². The molecule has 1 atom stereocenters. The number of carbonyl (C=O) groups is 3. The molecule has 0 aliphatic carbocycles. The summed E-state index contributed by atoms with van der Waals surface area (Å²) in [6, 6.07) is 11.6. The molecule has 3 rings (SSSR count). The van der Waals surface area contributed by atoms with Gasteiger partial charge in [-0.1, -0.05) is 29.8 Å². The highest BCUT2D eigenvalue weighted by atomic mass is 35.5. The van der Waals surface area contributed by atoms with E-state index in [1.807, 2.05) is 0 Å². The fourth-order valence-corrected chi connectivity index (χ4v) is 2.75. The molecular weight excluding hydrogens is 426 g/mol. The van der Waals surface area contributed by atoms with E-state index >= 15 is 0 Å². The van der Waals surface area contributed by atoms with E-state index in [0.29, 0.717) is 22.0 Å². The van der Waals surface area contributed by atoms with E-state index in [-0.39, 0.29) is 0 Å². The number of esters is 1. The number of benzene rings is 2. The molecule has 0 bridgehead atoms. The van der Waals surface area contributed by atoms with Gasteiger partial charge >= 0.3 is 5.97 Å². The molecule has 0 saturated heterocycles. The Bertz CT molecular complexity index is 1060. The average Bonchev–Trinajstić information content (AvgIpc) is 3.31. The van der Waals surface area contributed by atoms with Gasteiger partial charge in [-0.05, 0) is 30.3 Å². The van der Waals surface area contributed by atoms with Gasteiger partial charge in [-0.15, -0.1) is 0 Å². The maximum absolute atomic E-state index is 12.3. The van der Waals surface area contributed by atoms with Crippen LogP contribution in [-0.2, 0) is 14.3 Å². The zero-order valence-corrected chi connectivity index (χ0v) is 16.8. The van der Waals surface area contributed by atoms with Crippen LogP contribution in [0.4, 0.5) is 5.69 Å². The van der Waals surface area contributed by atoms with E-state index in [9.17, 15) is 19.5 Å². The molecule has 31 heavy (non-hydrogen) atoms. The summed E-state index contributed by atoms with van der Waals surface area (Å²) in [5, 5.41) is 18.7. The maximum Gasteiger partial charge on any atom is 0.331 e. The van der Waals surface area contributed by atoms with Crippen molar-refractivity contribution in [3.63, 3.8) is 0 Å². The minimum atomic E-state index is -1.32. The highest BCUT2D eigenvalue weighted by molar-refractivity contribution is 6.31. The third kappa shape index (κ3) is 5.87. The summed E-state index contributed by atoms with van der Waals surface area (Å²) in [4.78, 5) is 40.5. The Morgan fingerprint density at radius 3 is 2.61 bits per heavy atom. The second-order valence-electron chi connectivity index (χ2n) is 6.23. The molecule has 0 fully saturated rings. The number of amides is 2. The minimum Gasteiger partial charge on any atom is -0.454 e. The van der Waals surface area contributed by atoms with E-state index in [0.717, 1.165) is 0 Å². The number of ether oxygens (including phenoxy) is 1. The summed E-state index contributed by atoms with van der Waals surface area (Å²) in [5.41, 5.74) is 1.15. The first kappa shape index (κ1) is 21.9. The van der Waals surface area contributed by atoms with Crippen LogP contribution in [0.3, 0.4) is 0 Å². The Balaban J connectivity index is 1.58. The second kappa shape index (κ2) is 10.3. The third-order valence-electron chi connectivity index (χ3n) is 4.05. The van der Waals surface area contributed by atoms with Crippen molar-refractivity contribution in [3.05, 3.63) is 71.8 Å². The molecule has 2 aromatic carbocycles. The quantitative estimate of drug-likeness (QED) is 0.445. The number of nitrogens with zero attached hydrogens (tertiary/aromatic N) is 3. The number of aliphatic hydroxyl groups excluding tert-OH is 1. The Morgan fingerprint density at radius 1 is 1.16 bits per heavy atom. The van der Waals surface area contributed by atoms with Crippen molar-refractivity contribution in [2.24, 2.45) is 0 Å². The van der Waals surface area contributed by atoms with Crippen LogP contribution in [0.15, 0.2) is 61.2 Å². The largest absolute Gasteiger partial charge is 0.454 e. The van der Waals surface area contributed by atoms with Crippen LogP contribution in [0, 0.1) is 0 Å². The number of carbonyl (C=O) groups excluding carboxylic acids is 3. The van der Waals surface area contributed by atoms with E-state index in [2.05, 4.69) is 20.7 Å². The number of rotatable bonds is 8. The normalized spacial score (nSPS) is 11.4. The number of hydrogen-bond donors (Lipinski definition) is 3. The maximum atomic E-state index is 12.3. The fourth-order valence-electron chi connectivity index (χ4n) is 2.57. The lowest BCUT2D eigenvalue weighted by Gasteiger charge is -2.16. The summed E-state index contributed by atoms with van der Waals surface area (Å²) < 4.78 is 6.36. The summed E-state index contributed by atoms with van der Waals surface area (Å²) >= 11 is 6.00. The van der Waals surface area contributed by atoms with Crippen LogP contribution in [0.5, 0.6) is 0 Å². The lowest BCUT2D eigenvalue weighted by Crippen LogP contribution is -2.45.